The summed E-state index contributed by atoms with van der Waals surface area (Å²) in [6, 6.07) is 10.4. The van der Waals surface area contributed by atoms with Crippen molar-refractivity contribution in [1.82, 2.24) is 19.7 Å². The predicted octanol–water partition coefficient (Wildman–Crippen LogP) is 5.10. The van der Waals surface area contributed by atoms with E-state index >= 15 is 0 Å². The van der Waals surface area contributed by atoms with Crippen LogP contribution in [0.3, 0.4) is 0 Å². The molecule has 1 aromatic heterocycles. The molecule has 0 aliphatic carbocycles. The van der Waals surface area contributed by atoms with Gasteiger partial charge in [0.15, 0.2) is 0 Å². The number of H-pyrrole nitrogens is 1. The van der Waals surface area contributed by atoms with Crippen molar-refractivity contribution in [2.45, 2.75) is 25.7 Å². The Morgan fingerprint density at radius 2 is 2.05 bits per heavy atom. The number of esters is 1. The summed E-state index contributed by atoms with van der Waals surface area (Å²) in [5, 5.41) is 16.6. The van der Waals surface area contributed by atoms with Gasteiger partial charge >= 0.3 is 17.8 Å². The maximum absolute atomic E-state index is 13.6. The van der Waals surface area contributed by atoms with Gasteiger partial charge in [-0.2, -0.15) is 18.4 Å². The van der Waals surface area contributed by atoms with E-state index in [1.54, 1.807) is 37.4 Å². The Morgan fingerprint density at radius 3 is 2.73 bits per heavy atom. The lowest BCUT2D eigenvalue weighted by Crippen LogP contribution is -2.38. The van der Waals surface area contributed by atoms with Crippen molar-refractivity contribution >= 4 is 29.2 Å². The molecule has 0 spiro atoms. The Kier molecular flexibility index (Phi) is 7.23. The zero-order chi connectivity index (χ0) is 29.5. The number of halogens is 4. The number of carbonyl (C=O) groups excluding carboxylic acids is 1. The summed E-state index contributed by atoms with van der Waals surface area (Å²) in [5.41, 5.74) is 0.124. The zero-order valence-corrected chi connectivity index (χ0v) is 22.5. The van der Waals surface area contributed by atoms with Crippen molar-refractivity contribution in [3.05, 3.63) is 110 Å². The number of hydrogen-bond donors (Lipinski definition) is 1. The first-order chi connectivity index (χ1) is 19.5. The van der Waals surface area contributed by atoms with Gasteiger partial charge in [-0.15, -0.1) is 5.10 Å². The summed E-state index contributed by atoms with van der Waals surface area (Å²) in [6.45, 7) is 2.34. The number of alkyl halides is 3. The Balaban J connectivity index is 1.74. The maximum Gasteiger partial charge on any atom is 0.416 e. The molecule has 0 unspecified atom stereocenters. The van der Waals surface area contributed by atoms with Gasteiger partial charge < -0.3 is 9.64 Å². The van der Waals surface area contributed by atoms with Crippen molar-refractivity contribution in [3.63, 3.8) is 0 Å². The Morgan fingerprint density at radius 1 is 1.27 bits per heavy atom. The number of nitrogens with zero attached hydrogens (tertiary/aromatic N) is 5. The van der Waals surface area contributed by atoms with E-state index in [1.165, 1.54) is 28.7 Å². The van der Waals surface area contributed by atoms with E-state index in [4.69, 9.17) is 16.3 Å². The van der Waals surface area contributed by atoms with Gasteiger partial charge in [-0.3, -0.25) is 4.90 Å². The number of rotatable bonds is 5. The number of benzene rings is 2. The van der Waals surface area contributed by atoms with Gasteiger partial charge in [0.1, 0.15) is 6.04 Å². The number of anilines is 2. The summed E-state index contributed by atoms with van der Waals surface area (Å²) in [5.74, 6) is -0.814. The number of aromatic amines is 1. The third kappa shape index (κ3) is 5.12. The first kappa shape index (κ1) is 27.8. The second-order valence-corrected chi connectivity index (χ2v) is 9.78. The highest BCUT2D eigenvalue weighted by Crippen LogP contribution is 2.43. The van der Waals surface area contributed by atoms with Gasteiger partial charge in [-0.05, 0) is 54.5 Å². The van der Waals surface area contributed by atoms with Gasteiger partial charge in [0.25, 0.3) is 0 Å². The molecular formula is C28H22ClF3N6O3. The molecule has 2 aromatic carbocycles. The molecule has 0 fully saturated rings. The quantitative estimate of drug-likeness (QED) is 0.417. The van der Waals surface area contributed by atoms with Crippen molar-refractivity contribution < 1.29 is 22.7 Å². The smallest absolute Gasteiger partial charge is 0.416 e. The predicted molar refractivity (Wildman–Crippen MR) is 144 cm³/mol. The fourth-order valence-corrected chi connectivity index (χ4v) is 5.28. The summed E-state index contributed by atoms with van der Waals surface area (Å²) >= 11 is 6.19. The summed E-state index contributed by atoms with van der Waals surface area (Å²) in [6.07, 6.45) is 0.735. The van der Waals surface area contributed by atoms with Gasteiger partial charge in [-0.25, -0.2) is 19.3 Å². The molecule has 0 saturated carbocycles. The SMILES string of the molecule is COC(=O)C1=C(C)N(c2cccc(C(F)(F)F)c2)c2n[nH]c(=O)n2[C@@H]1c1ccc(C#N)cc1CN1C=C(Cl)C=CC1. The maximum atomic E-state index is 13.6. The Bertz CT molecular complexity index is 1730. The van der Waals surface area contributed by atoms with Gasteiger partial charge in [0.05, 0.1) is 34.9 Å². The Hall–Kier alpha value is -4.76. The molecule has 0 saturated heterocycles. The number of carbonyl (C=O) groups is 1. The molecule has 9 nitrogen and oxygen atoms in total. The molecular weight excluding hydrogens is 561 g/mol. The number of methoxy groups -OCH3 is 1. The number of hydrogen-bond acceptors (Lipinski definition) is 7. The third-order valence-electron chi connectivity index (χ3n) is 6.84. The number of allylic oxidation sites excluding steroid dienone is 3. The number of fused-ring (bicyclic) bond motifs is 1. The average molecular weight is 583 g/mol. The summed E-state index contributed by atoms with van der Waals surface area (Å²) in [4.78, 5) is 29.8. The van der Waals surface area contributed by atoms with Gasteiger partial charge in [0, 0.05) is 30.7 Å². The minimum Gasteiger partial charge on any atom is -0.466 e. The van der Waals surface area contributed by atoms with Crippen LogP contribution in [0.1, 0.15) is 35.2 Å². The number of aromatic nitrogens is 3. The fraction of sp³-hybridized carbons (Fsp3) is 0.214. The van der Waals surface area contributed by atoms with E-state index in [-0.39, 0.29) is 29.5 Å². The molecule has 1 atom stereocenters. The molecule has 0 bridgehead atoms. The average Bonchev–Trinajstić information content (AvgIpc) is 3.32. The molecule has 13 heteroatoms. The molecule has 3 aromatic rings. The largest absolute Gasteiger partial charge is 0.466 e. The van der Waals surface area contributed by atoms with Crippen LogP contribution in [-0.2, 0) is 22.3 Å². The lowest BCUT2D eigenvalue weighted by molar-refractivity contribution is -0.138. The van der Waals surface area contributed by atoms with E-state index in [0.717, 1.165) is 12.1 Å². The normalized spacial score (nSPS) is 16.8. The fourth-order valence-electron chi connectivity index (χ4n) is 5.06. The second kappa shape index (κ2) is 10.7. The van der Waals surface area contributed by atoms with Crippen LogP contribution in [0.5, 0.6) is 0 Å². The zero-order valence-electron chi connectivity index (χ0n) is 21.7. The molecule has 3 heterocycles. The molecule has 5 rings (SSSR count). The lowest BCUT2D eigenvalue weighted by atomic mass is 9.89. The molecule has 1 N–H and O–H groups in total. The standard InChI is InChI=1S/C28H22ClF3N6O3/c1-16-23(25(39)41-2)24(22-9-8-17(13-33)11-18(22)14-36-10-4-6-20(29)15-36)38-26(34-35-27(38)40)37(16)21-7-3-5-19(12-21)28(30,31)32/h3-9,11-12,15,24H,10,14H2,1-2H3,(H,35,40)/t24-/m1/s1. The lowest BCUT2D eigenvalue weighted by Gasteiger charge is -2.36. The Labute approximate surface area is 237 Å². The van der Waals surface area contributed by atoms with Gasteiger partial charge in [-0.1, -0.05) is 29.8 Å². The van der Waals surface area contributed by atoms with E-state index in [0.29, 0.717) is 28.3 Å². The van der Waals surface area contributed by atoms with Crippen LogP contribution in [0.25, 0.3) is 0 Å². The molecule has 2 aliphatic rings. The topological polar surface area (TPSA) is 107 Å². The third-order valence-corrected chi connectivity index (χ3v) is 7.07. The van der Waals surface area contributed by atoms with E-state index in [2.05, 4.69) is 16.3 Å². The molecule has 2 aliphatic heterocycles. The number of nitriles is 1. The van der Waals surface area contributed by atoms with Crippen LogP contribution < -0.4 is 10.6 Å². The monoisotopic (exact) mass is 582 g/mol. The van der Waals surface area contributed by atoms with Crippen molar-refractivity contribution in [1.29, 1.82) is 5.26 Å². The van der Waals surface area contributed by atoms with Crippen LogP contribution in [0, 0.1) is 11.3 Å². The van der Waals surface area contributed by atoms with Crippen LogP contribution >= 0.6 is 11.6 Å². The van der Waals surface area contributed by atoms with E-state index < -0.39 is 29.4 Å². The van der Waals surface area contributed by atoms with Crippen LogP contribution in [0.4, 0.5) is 24.8 Å². The number of nitrogens with one attached hydrogen (secondary N) is 1. The van der Waals surface area contributed by atoms with Crippen LogP contribution in [0.15, 0.2) is 81.9 Å². The van der Waals surface area contributed by atoms with Crippen LogP contribution in [0.2, 0.25) is 0 Å². The summed E-state index contributed by atoms with van der Waals surface area (Å²) in [7, 11) is 1.18. The van der Waals surface area contributed by atoms with E-state index in [9.17, 15) is 28.0 Å². The number of ether oxygens (including phenoxy) is 1. The van der Waals surface area contributed by atoms with Crippen molar-refractivity contribution in [2.75, 3.05) is 18.6 Å². The molecule has 0 amide bonds. The van der Waals surface area contributed by atoms with Crippen molar-refractivity contribution in [2.24, 2.45) is 0 Å². The van der Waals surface area contributed by atoms with Gasteiger partial charge in [0.2, 0.25) is 5.95 Å². The minimum absolute atomic E-state index is 0.0129. The highest BCUT2D eigenvalue weighted by molar-refractivity contribution is 6.31. The summed E-state index contributed by atoms with van der Waals surface area (Å²) < 4.78 is 47.0. The molecule has 41 heavy (non-hydrogen) atoms. The molecule has 210 valence electrons. The van der Waals surface area contributed by atoms with Crippen molar-refractivity contribution in [3.8, 4) is 6.07 Å². The minimum atomic E-state index is -4.62. The van der Waals surface area contributed by atoms with E-state index in [1.807, 2.05) is 11.0 Å². The van der Waals surface area contributed by atoms with Crippen LogP contribution in [-0.4, -0.2) is 39.3 Å². The first-order valence-electron chi connectivity index (χ1n) is 12.3. The second-order valence-electron chi connectivity index (χ2n) is 9.35. The highest BCUT2D eigenvalue weighted by atomic mass is 35.5. The molecule has 0 radical (unpaired) electrons. The highest BCUT2D eigenvalue weighted by Gasteiger charge is 2.41. The first-order valence-corrected chi connectivity index (χ1v) is 12.7.